The Balaban J connectivity index is 0.00000121. The highest BCUT2D eigenvalue weighted by atomic mass is 35.5. The molecule has 1 fully saturated rings. The normalized spacial score (nSPS) is 16.1. The minimum absolute atomic E-state index is 0. The van der Waals surface area contributed by atoms with E-state index in [9.17, 15) is 0 Å². The second kappa shape index (κ2) is 8.68. The van der Waals surface area contributed by atoms with Gasteiger partial charge in [-0.15, -0.1) is 24.8 Å². The molecule has 0 amide bonds. The Bertz CT molecular complexity index is 595. The molecule has 1 aromatic carbocycles. The van der Waals surface area contributed by atoms with Crippen molar-refractivity contribution in [2.45, 2.75) is 32.4 Å². The summed E-state index contributed by atoms with van der Waals surface area (Å²) in [6.07, 6.45) is 2.50. The van der Waals surface area contributed by atoms with E-state index in [-0.39, 0.29) is 24.8 Å². The van der Waals surface area contributed by atoms with Crippen molar-refractivity contribution in [3.63, 3.8) is 0 Å². The van der Waals surface area contributed by atoms with Crippen LogP contribution in [0.1, 0.15) is 24.1 Å². The predicted octanol–water partition coefficient (Wildman–Crippen LogP) is 3.57. The molecule has 122 valence electrons. The Morgan fingerprint density at radius 2 is 1.86 bits per heavy atom. The molecule has 0 saturated carbocycles. The maximum atomic E-state index is 4.63. The zero-order valence-electron chi connectivity index (χ0n) is 13.2. The van der Waals surface area contributed by atoms with Crippen LogP contribution in [0.15, 0.2) is 30.3 Å². The second-order valence-electron chi connectivity index (χ2n) is 5.78. The highest BCUT2D eigenvalue weighted by Crippen LogP contribution is 2.21. The van der Waals surface area contributed by atoms with Crippen molar-refractivity contribution in [1.29, 1.82) is 0 Å². The van der Waals surface area contributed by atoms with E-state index in [1.165, 1.54) is 36.9 Å². The summed E-state index contributed by atoms with van der Waals surface area (Å²) in [6.45, 7) is 5.49. The Labute approximate surface area is 145 Å². The van der Waals surface area contributed by atoms with E-state index in [0.717, 1.165) is 17.8 Å². The minimum atomic E-state index is 0. The fourth-order valence-corrected chi connectivity index (χ4v) is 3.15. The summed E-state index contributed by atoms with van der Waals surface area (Å²) in [4.78, 5) is 7.19. The summed E-state index contributed by atoms with van der Waals surface area (Å²) in [6, 6.07) is 11.4. The van der Waals surface area contributed by atoms with Gasteiger partial charge in [0.05, 0.1) is 5.52 Å². The molecule has 0 bridgehead atoms. The maximum Gasteiger partial charge on any atom is 0.0708 e. The lowest BCUT2D eigenvalue weighted by Gasteiger charge is -2.32. The molecule has 0 aliphatic carbocycles. The average molecular weight is 342 g/mol. The molecular weight excluding hydrogens is 317 g/mol. The van der Waals surface area contributed by atoms with Crippen LogP contribution in [0.2, 0.25) is 0 Å². The van der Waals surface area contributed by atoms with Gasteiger partial charge in [-0.3, -0.25) is 9.88 Å². The molecule has 2 aromatic rings. The summed E-state index contributed by atoms with van der Waals surface area (Å²) >= 11 is 0. The first-order valence-electron chi connectivity index (χ1n) is 7.51. The molecule has 0 unspecified atom stereocenters. The molecule has 0 spiro atoms. The first-order chi connectivity index (χ1) is 9.76. The van der Waals surface area contributed by atoms with Crippen LogP contribution in [0.25, 0.3) is 10.9 Å². The molecule has 2 heterocycles. The first kappa shape index (κ1) is 19.2. The third kappa shape index (κ3) is 4.32. The number of hydrogen-bond donors (Lipinski definition) is 1. The number of piperidine rings is 1. The van der Waals surface area contributed by atoms with Crippen molar-refractivity contribution >= 4 is 35.7 Å². The number of nitrogens with one attached hydrogen (secondary N) is 1. The Kier molecular flexibility index (Phi) is 7.57. The SMILES string of the molecule is CNC1CCN(Cc2cc(C)nc3ccccc23)CC1.Cl.Cl. The lowest BCUT2D eigenvalue weighted by molar-refractivity contribution is 0.195. The Hall–Kier alpha value is -0.870. The van der Waals surface area contributed by atoms with Gasteiger partial charge in [-0.2, -0.15) is 0 Å². The number of hydrogen-bond acceptors (Lipinski definition) is 3. The predicted molar refractivity (Wildman–Crippen MR) is 98.3 cm³/mol. The average Bonchev–Trinajstić information content (AvgIpc) is 2.48. The van der Waals surface area contributed by atoms with Crippen molar-refractivity contribution in [3.05, 3.63) is 41.6 Å². The van der Waals surface area contributed by atoms with Crippen LogP contribution in [0.5, 0.6) is 0 Å². The van der Waals surface area contributed by atoms with Crippen molar-refractivity contribution in [1.82, 2.24) is 15.2 Å². The van der Waals surface area contributed by atoms with Gasteiger partial charge in [-0.1, -0.05) is 18.2 Å². The van der Waals surface area contributed by atoms with Crippen LogP contribution in [0.4, 0.5) is 0 Å². The maximum absolute atomic E-state index is 4.63. The molecule has 5 heteroatoms. The van der Waals surface area contributed by atoms with E-state index in [1.807, 2.05) is 0 Å². The van der Waals surface area contributed by atoms with Crippen molar-refractivity contribution in [2.24, 2.45) is 0 Å². The molecule has 22 heavy (non-hydrogen) atoms. The largest absolute Gasteiger partial charge is 0.317 e. The van der Waals surface area contributed by atoms with Crippen molar-refractivity contribution in [2.75, 3.05) is 20.1 Å². The van der Waals surface area contributed by atoms with Crippen LogP contribution in [-0.2, 0) is 6.54 Å². The number of aromatic nitrogens is 1. The topological polar surface area (TPSA) is 28.2 Å². The van der Waals surface area contributed by atoms with Crippen LogP contribution < -0.4 is 5.32 Å². The smallest absolute Gasteiger partial charge is 0.0708 e. The summed E-state index contributed by atoms with van der Waals surface area (Å²) < 4.78 is 0. The molecule has 1 N–H and O–H groups in total. The molecule has 0 atom stereocenters. The molecule has 3 nitrogen and oxygen atoms in total. The summed E-state index contributed by atoms with van der Waals surface area (Å²) in [5.41, 5.74) is 3.65. The van der Waals surface area contributed by atoms with Crippen LogP contribution in [0, 0.1) is 6.92 Å². The quantitative estimate of drug-likeness (QED) is 0.924. The number of aryl methyl sites for hydroxylation is 1. The second-order valence-corrected chi connectivity index (χ2v) is 5.78. The molecule has 1 saturated heterocycles. The lowest BCUT2D eigenvalue weighted by Crippen LogP contribution is -2.40. The van der Waals surface area contributed by atoms with Gasteiger partial charge in [-0.05, 0) is 57.6 Å². The number of halogens is 2. The molecule has 3 rings (SSSR count). The minimum Gasteiger partial charge on any atom is -0.317 e. The first-order valence-corrected chi connectivity index (χ1v) is 7.51. The monoisotopic (exact) mass is 341 g/mol. The Morgan fingerprint density at radius 3 is 2.55 bits per heavy atom. The highest BCUT2D eigenvalue weighted by Gasteiger charge is 2.18. The van der Waals surface area contributed by atoms with E-state index < -0.39 is 0 Å². The third-order valence-corrected chi connectivity index (χ3v) is 4.32. The molecule has 1 aromatic heterocycles. The summed E-state index contributed by atoms with van der Waals surface area (Å²) in [5, 5.41) is 4.69. The third-order valence-electron chi connectivity index (χ3n) is 4.32. The molecule has 1 aliphatic rings. The van der Waals surface area contributed by atoms with Gasteiger partial charge in [0, 0.05) is 23.7 Å². The van der Waals surface area contributed by atoms with Gasteiger partial charge < -0.3 is 5.32 Å². The molecule has 0 radical (unpaired) electrons. The lowest BCUT2D eigenvalue weighted by atomic mass is 10.0. The Morgan fingerprint density at radius 1 is 1.18 bits per heavy atom. The number of rotatable bonds is 3. The summed E-state index contributed by atoms with van der Waals surface area (Å²) in [7, 11) is 2.07. The van der Waals surface area contributed by atoms with Crippen LogP contribution in [-0.4, -0.2) is 36.1 Å². The fraction of sp³-hybridized carbons (Fsp3) is 0.471. The van der Waals surface area contributed by atoms with Gasteiger partial charge in [0.2, 0.25) is 0 Å². The number of para-hydroxylation sites is 1. The number of fused-ring (bicyclic) bond motifs is 1. The van der Waals surface area contributed by atoms with Gasteiger partial charge in [-0.25, -0.2) is 0 Å². The zero-order chi connectivity index (χ0) is 13.9. The number of benzene rings is 1. The zero-order valence-corrected chi connectivity index (χ0v) is 14.8. The number of pyridine rings is 1. The van der Waals surface area contributed by atoms with Gasteiger partial charge in [0.15, 0.2) is 0 Å². The standard InChI is InChI=1S/C17H23N3.2ClH/c1-13-11-14(16-5-3-4-6-17(16)19-13)12-20-9-7-15(18-2)8-10-20;;/h3-6,11,15,18H,7-10,12H2,1-2H3;2*1H. The van der Waals surface area contributed by atoms with E-state index in [0.29, 0.717) is 6.04 Å². The van der Waals surface area contributed by atoms with E-state index >= 15 is 0 Å². The fourth-order valence-electron chi connectivity index (χ4n) is 3.15. The summed E-state index contributed by atoms with van der Waals surface area (Å²) in [5.74, 6) is 0. The van der Waals surface area contributed by atoms with Crippen molar-refractivity contribution < 1.29 is 0 Å². The van der Waals surface area contributed by atoms with Gasteiger partial charge >= 0.3 is 0 Å². The highest BCUT2D eigenvalue weighted by molar-refractivity contribution is 5.85. The van der Waals surface area contributed by atoms with E-state index in [2.05, 4.69) is 59.5 Å². The van der Waals surface area contributed by atoms with Gasteiger partial charge in [0.1, 0.15) is 0 Å². The van der Waals surface area contributed by atoms with E-state index in [1.54, 1.807) is 0 Å². The van der Waals surface area contributed by atoms with E-state index in [4.69, 9.17) is 0 Å². The van der Waals surface area contributed by atoms with Gasteiger partial charge in [0.25, 0.3) is 0 Å². The van der Waals surface area contributed by atoms with Crippen LogP contribution >= 0.6 is 24.8 Å². The number of nitrogens with zero attached hydrogens (tertiary/aromatic N) is 2. The number of likely N-dealkylation sites (tertiary alicyclic amines) is 1. The molecular formula is C17H25Cl2N3. The van der Waals surface area contributed by atoms with Crippen molar-refractivity contribution in [3.8, 4) is 0 Å². The van der Waals surface area contributed by atoms with Crippen LogP contribution in [0.3, 0.4) is 0 Å². The molecule has 1 aliphatic heterocycles.